The molecule has 0 saturated heterocycles. The van der Waals surface area contributed by atoms with Gasteiger partial charge in [0.2, 0.25) is 0 Å². The van der Waals surface area contributed by atoms with Crippen LogP contribution in [0.4, 0.5) is 18.9 Å². The van der Waals surface area contributed by atoms with E-state index in [1.807, 2.05) is 32.9 Å². The predicted molar refractivity (Wildman–Crippen MR) is 139 cm³/mol. The number of thiophene rings is 1. The number of carbonyl (C=O) groups is 2. The van der Waals surface area contributed by atoms with Gasteiger partial charge in [0.25, 0.3) is 11.8 Å². The molecule has 38 heavy (non-hydrogen) atoms. The number of ether oxygens (including phenoxy) is 1. The van der Waals surface area contributed by atoms with Crippen LogP contribution in [-0.2, 0) is 12.8 Å². The van der Waals surface area contributed by atoms with E-state index in [4.69, 9.17) is 26.5 Å². The van der Waals surface area contributed by atoms with E-state index in [9.17, 15) is 22.8 Å². The third-order valence-corrected chi connectivity index (χ3v) is 7.29. The summed E-state index contributed by atoms with van der Waals surface area (Å²) in [6, 6.07) is 7.53. The van der Waals surface area contributed by atoms with Gasteiger partial charge in [0.05, 0.1) is 5.69 Å². The van der Waals surface area contributed by atoms with Crippen molar-refractivity contribution in [2.45, 2.75) is 46.4 Å². The second-order valence-electron chi connectivity index (χ2n) is 8.98. The zero-order valence-electron chi connectivity index (χ0n) is 20.7. The van der Waals surface area contributed by atoms with Crippen LogP contribution in [0.25, 0.3) is 10.2 Å². The van der Waals surface area contributed by atoms with Crippen molar-refractivity contribution in [2.75, 3.05) is 5.32 Å². The van der Waals surface area contributed by atoms with Crippen molar-refractivity contribution >= 4 is 50.7 Å². The third kappa shape index (κ3) is 5.48. The summed E-state index contributed by atoms with van der Waals surface area (Å²) >= 11 is 6.92. The molecule has 0 aliphatic heterocycles. The molecule has 2 amide bonds. The number of primary amides is 1. The van der Waals surface area contributed by atoms with Crippen LogP contribution >= 0.6 is 22.9 Å². The lowest BCUT2D eigenvalue weighted by atomic mass is 10.0. The van der Waals surface area contributed by atoms with Crippen LogP contribution in [-0.4, -0.2) is 16.8 Å². The Kier molecular flexibility index (Phi) is 7.44. The third-order valence-electron chi connectivity index (χ3n) is 5.78. The van der Waals surface area contributed by atoms with Gasteiger partial charge >= 0.3 is 6.18 Å². The van der Waals surface area contributed by atoms with Crippen LogP contribution in [0.2, 0.25) is 5.02 Å². The fourth-order valence-corrected chi connectivity index (χ4v) is 5.10. The summed E-state index contributed by atoms with van der Waals surface area (Å²) in [6.45, 7) is 7.35. The van der Waals surface area contributed by atoms with Gasteiger partial charge in [-0.05, 0) is 66.8 Å². The van der Waals surface area contributed by atoms with Crippen molar-refractivity contribution in [3.05, 3.63) is 74.1 Å². The summed E-state index contributed by atoms with van der Waals surface area (Å²) < 4.78 is 51.2. The number of pyridine rings is 1. The minimum Gasteiger partial charge on any atom is -0.485 e. The molecule has 3 heterocycles. The number of alkyl halides is 3. The van der Waals surface area contributed by atoms with Crippen molar-refractivity contribution in [1.82, 2.24) is 4.98 Å². The maximum Gasteiger partial charge on any atom is 0.433 e. The van der Waals surface area contributed by atoms with Crippen LogP contribution in [0.15, 0.2) is 34.7 Å². The zero-order chi connectivity index (χ0) is 27.9. The van der Waals surface area contributed by atoms with E-state index in [1.165, 1.54) is 13.0 Å². The lowest BCUT2D eigenvalue weighted by molar-refractivity contribution is -0.141. The van der Waals surface area contributed by atoms with Crippen molar-refractivity contribution in [1.29, 1.82) is 0 Å². The number of nitrogens with one attached hydrogen (secondary N) is 1. The molecule has 12 heteroatoms. The molecular weight excluding hydrogens is 543 g/mol. The molecule has 3 aromatic heterocycles. The fraction of sp³-hybridized carbons (Fsp3) is 0.269. The van der Waals surface area contributed by atoms with Gasteiger partial charge in [-0.25, -0.2) is 4.98 Å². The number of halogens is 4. The Morgan fingerprint density at radius 1 is 1.18 bits per heavy atom. The first-order valence-corrected chi connectivity index (χ1v) is 12.6. The van der Waals surface area contributed by atoms with Gasteiger partial charge in [0.15, 0.2) is 5.76 Å². The molecule has 4 rings (SSSR count). The second-order valence-corrected chi connectivity index (χ2v) is 10.4. The van der Waals surface area contributed by atoms with Crippen molar-refractivity contribution < 1.29 is 31.9 Å². The van der Waals surface area contributed by atoms with Crippen LogP contribution in [0.1, 0.15) is 68.1 Å². The molecule has 0 spiro atoms. The topological polar surface area (TPSA) is 107 Å². The molecule has 7 nitrogen and oxygen atoms in total. The van der Waals surface area contributed by atoms with Crippen LogP contribution in [0.3, 0.4) is 0 Å². The summed E-state index contributed by atoms with van der Waals surface area (Å²) in [5.74, 6) is -0.568. The van der Waals surface area contributed by atoms with Gasteiger partial charge in [0, 0.05) is 10.4 Å². The highest BCUT2D eigenvalue weighted by Gasteiger charge is 2.34. The number of benzene rings is 1. The minimum atomic E-state index is -4.67. The number of rotatable bonds is 7. The largest absolute Gasteiger partial charge is 0.485 e. The number of hydrogen-bond donors (Lipinski definition) is 2. The number of amides is 2. The van der Waals surface area contributed by atoms with E-state index in [-0.39, 0.29) is 44.6 Å². The first-order valence-electron chi connectivity index (χ1n) is 11.4. The number of aryl methyl sites for hydroxylation is 2. The van der Waals surface area contributed by atoms with Crippen molar-refractivity contribution in [3.63, 3.8) is 0 Å². The second kappa shape index (κ2) is 10.3. The molecule has 1 aromatic carbocycles. The van der Waals surface area contributed by atoms with E-state index in [2.05, 4.69) is 10.3 Å². The Morgan fingerprint density at radius 3 is 2.53 bits per heavy atom. The Morgan fingerprint density at radius 2 is 1.89 bits per heavy atom. The van der Waals surface area contributed by atoms with Gasteiger partial charge < -0.3 is 20.2 Å². The van der Waals surface area contributed by atoms with Gasteiger partial charge in [-0.3, -0.25) is 9.59 Å². The molecule has 3 N–H and O–H groups in total. The number of anilines is 1. The molecule has 0 fully saturated rings. The molecule has 0 radical (unpaired) electrons. The van der Waals surface area contributed by atoms with Crippen LogP contribution in [0.5, 0.6) is 5.75 Å². The SMILES string of the molecule is Cc1cc(OCc2ccc(C(=O)Nc3c(C(N)=O)sc4nc(C(F)(F)F)cc(C)c34)o2)c(C(C)C)cc1Cl. The van der Waals surface area contributed by atoms with E-state index in [0.717, 1.165) is 17.2 Å². The van der Waals surface area contributed by atoms with E-state index in [0.29, 0.717) is 27.9 Å². The van der Waals surface area contributed by atoms with E-state index in [1.54, 1.807) is 6.07 Å². The lowest BCUT2D eigenvalue weighted by Crippen LogP contribution is -2.16. The maximum absolute atomic E-state index is 13.2. The van der Waals surface area contributed by atoms with Crippen molar-refractivity contribution in [3.8, 4) is 5.75 Å². The van der Waals surface area contributed by atoms with Crippen molar-refractivity contribution in [2.24, 2.45) is 5.73 Å². The highest BCUT2D eigenvalue weighted by atomic mass is 35.5. The average Bonchev–Trinajstić information content (AvgIpc) is 3.44. The summed E-state index contributed by atoms with van der Waals surface area (Å²) in [6.07, 6.45) is -4.67. The number of carbonyl (C=O) groups excluding carboxylic acids is 2. The number of fused-ring (bicyclic) bond motifs is 1. The monoisotopic (exact) mass is 565 g/mol. The standard InChI is InChI=1S/C26H23ClF3N3O4S/c1-11(2)15-9-16(27)12(3)7-18(15)36-10-14-5-6-17(37-14)24(35)33-21-20-13(4)8-19(26(28,29)30)32-25(20)38-22(21)23(31)34/h5-9,11H,10H2,1-4H3,(H2,31,34)(H,33,35). The Labute approximate surface area is 224 Å². The molecule has 0 bridgehead atoms. The number of nitrogens with two attached hydrogens (primary N) is 1. The number of nitrogens with zero attached hydrogens (tertiary/aromatic N) is 1. The van der Waals surface area contributed by atoms with E-state index >= 15 is 0 Å². The molecular formula is C26H23ClF3N3O4S. The highest BCUT2D eigenvalue weighted by Crippen LogP contribution is 2.40. The minimum absolute atomic E-state index is 0.0198. The lowest BCUT2D eigenvalue weighted by Gasteiger charge is -2.15. The molecule has 0 aliphatic rings. The van der Waals surface area contributed by atoms with Gasteiger partial charge in [-0.2, -0.15) is 13.2 Å². The number of hydrogen-bond acceptors (Lipinski definition) is 6. The molecule has 0 aliphatic carbocycles. The summed E-state index contributed by atoms with van der Waals surface area (Å²) in [5.41, 5.74) is 6.26. The zero-order valence-corrected chi connectivity index (χ0v) is 22.3. The maximum atomic E-state index is 13.2. The Hall–Kier alpha value is -3.57. The normalized spacial score (nSPS) is 11.8. The Bertz CT molecular complexity index is 1560. The van der Waals surface area contributed by atoms with Crippen LogP contribution < -0.4 is 15.8 Å². The molecule has 200 valence electrons. The summed E-state index contributed by atoms with van der Waals surface area (Å²) in [5, 5.41) is 3.38. The number of aromatic nitrogens is 1. The van der Waals surface area contributed by atoms with E-state index < -0.39 is 23.7 Å². The molecule has 0 atom stereocenters. The summed E-state index contributed by atoms with van der Waals surface area (Å²) in [7, 11) is 0. The predicted octanol–water partition coefficient (Wildman–Crippen LogP) is 7.23. The average molecular weight is 566 g/mol. The molecule has 4 aromatic rings. The Balaban J connectivity index is 1.58. The summed E-state index contributed by atoms with van der Waals surface area (Å²) in [4.78, 5) is 28.4. The highest BCUT2D eigenvalue weighted by molar-refractivity contribution is 7.21. The first-order chi connectivity index (χ1) is 17.8. The fourth-order valence-electron chi connectivity index (χ4n) is 3.87. The van der Waals surface area contributed by atoms with Crippen LogP contribution in [0, 0.1) is 13.8 Å². The quantitative estimate of drug-likeness (QED) is 0.246. The molecule has 0 saturated carbocycles. The smallest absolute Gasteiger partial charge is 0.433 e. The van der Waals surface area contributed by atoms with Gasteiger partial charge in [-0.15, -0.1) is 11.3 Å². The first kappa shape index (κ1) is 27.5. The number of furan rings is 1. The van der Waals surface area contributed by atoms with Gasteiger partial charge in [-0.1, -0.05) is 25.4 Å². The van der Waals surface area contributed by atoms with Gasteiger partial charge in [0.1, 0.15) is 33.5 Å². The molecule has 0 unspecified atom stereocenters.